The Morgan fingerprint density at radius 2 is 1.95 bits per heavy atom. The summed E-state index contributed by atoms with van der Waals surface area (Å²) in [6, 6.07) is 4.49. The summed E-state index contributed by atoms with van der Waals surface area (Å²) in [6.45, 7) is 2.48. The predicted molar refractivity (Wildman–Crippen MR) is 78.8 cm³/mol. The van der Waals surface area contributed by atoms with Gasteiger partial charge >= 0.3 is 0 Å². The minimum Gasteiger partial charge on any atom is -0.310 e. The first-order chi connectivity index (χ1) is 9.94. The van der Waals surface area contributed by atoms with Crippen molar-refractivity contribution in [3.8, 4) is 0 Å². The molecule has 4 nitrogen and oxygen atoms in total. The van der Waals surface area contributed by atoms with Crippen molar-refractivity contribution in [3.05, 3.63) is 29.6 Å². The standard InChI is InChI=1S/C15H21FN2O2S/c1-10-6-13(7-10)18-21(19,20)14-4-5-15(16)11(8-14)9-17-12-2-3-12/h4-5,8,10,12-13,17-18H,2-3,6-7,9H2,1H3. The molecule has 1 aromatic carbocycles. The minimum absolute atomic E-state index is 0.0168. The number of sulfonamides is 1. The fraction of sp³-hybridized carbons (Fsp3) is 0.600. The summed E-state index contributed by atoms with van der Waals surface area (Å²) in [5.41, 5.74) is 0.409. The van der Waals surface area contributed by atoms with Crippen LogP contribution in [0.15, 0.2) is 23.1 Å². The highest BCUT2D eigenvalue weighted by atomic mass is 32.2. The van der Waals surface area contributed by atoms with E-state index in [-0.39, 0.29) is 16.8 Å². The molecule has 2 saturated carbocycles. The summed E-state index contributed by atoms with van der Waals surface area (Å²) in [5.74, 6) is 0.212. The van der Waals surface area contributed by atoms with Gasteiger partial charge < -0.3 is 5.32 Å². The lowest BCUT2D eigenvalue weighted by Gasteiger charge is -2.32. The fourth-order valence-electron chi connectivity index (χ4n) is 2.68. The van der Waals surface area contributed by atoms with Crippen LogP contribution in [-0.2, 0) is 16.6 Å². The third-order valence-corrected chi connectivity index (χ3v) is 5.70. The third kappa shape index (κ3) is 3.62. The van der Waals surface area contributed by atoms with E-state index in [9.17, 15) is 12.8 Å². The van der Waals surface area contributed by atoms with E-state index in [0.29, 0.717) is 24.1 Å². The van der Waals surface area contributed by atoms with Gasteiger partial charge in [-0.3, -0.25) is 0 Å². The highest BCUT2D eigenvalue weighted by Gasteiger charge is 2.30. The number of hydrogen-bond donors (Lipinski definition) is 2. The number of halogens is 1. The Kier molecular flexibility index (Phi) is 4.03. The third-order valence-electron chi connectivity index (χ3n) is 4.18. The molecule has 0 radical (unpaired) electrons. The summed E-state index contributed by atoms with van der Waals surface area (Å²) in [4.78, 5) is 0.149. The van der Waals surface area contributed by atoms with Crippen LogP contribution in [0.2, 0.25) is 0 Å². The van der Waals surface area contributed by atoms with Gasteiger partial charge in [-0.05, 0) is 49.8 Å². The summed E-state index contributed by atoms with van der Waals surface area (Å²) >= 11 is 0. The Labute approximate surface area is 125 Å². The molecule has 6 heteroatoms. The zero-order valence-corrected chi connectivity index (χ0v) is 12.9. The van der Waals surface area contributed by atoms with E-state index in [0.717, 1.165) is 25.7 Å². The zero-order valence-electron chi connectivity index (χ0n) is 12.1. The highest BCUT2D eigenvalue weighted by Crippen LogP contribution is 2.28. The van der Waals surface area contributed by atoms with Crippen LogP contribution in [0.5, 0.6) is 0 Å². The Bertz CT molecular complexity index is 623. The topological polar surface area (TPSA) is 58.2 Å². The van der Waals surface area contributed by atoms with E-state index in [1.807, 2.05) is 0 Å². The molecule has 1 aromatic rings. The quantitative estimate of drug-likeness (QED) is 0.846. The van der Waals surface area contributed by atoms with Crippen molar-refractivity contribution in [2.24, 2.45) is 5.92 Å². The van der Waals surface area contributed by atoms with Crippen molar-refractivity contribution in [1.82, 2.24) is 10.0 Å². The maximum atomic E-state index is 13.8. The summed E-state index contributed by atoms with van der Waals surface area (Å²) in [7, 11) is -3.55. The number of benzene rings is 1. The van der Waals surface area contributed by atoms with Crippen molar-refractivity contribution in [2.75, 3.05) is 0 Å². The first kappa shape index (κ1) is 14.9. The average molecular weight is 312 g/mol. The number of nitrogens with one attached hydrogen (secondary N) is 2. The normalized spacial score (nSPS) is 25.6. The highest BCUT2D eigenvalue weighted by molar-refractivity contribution is 7.89. The Balaban J connectivity index is 1.72. The first-order valence-electron chi connectivity index (χ1n) is 7.48. The molecule has 2 fully saturated rings. The van der Waals surface area contributed by atoms with E-state index in [2.05, 4.69) is 17.0 Å². The van der Waals surface area contributed by atoms with Gasteiger partial charge in [-0.25, -0.2) is 17.5 Å². The molecule has 0 atom stereocenters. The molecule has 0 aliphatic heterocycles. The molecule has 0 amide bonds. The van der Waals surface area contributed by atoms with Gasteiger partial charge in [0.2, 0.25) is 10.0 Å². The van der Waals surface area contributed by atoms with Crippen LogP contribution in [0, 0.1) is 11.7 Å². The number of hydrogen-bond acceptors (Lipinski definition) is 3. The molecule has 2 N–H and O–H groups in total. The summed E-state index contributed by atoms with van der Waals surface area (Å²) in [6.07, 6.45) is 3.97. The van der Waals surface area contributed by atoms with Gasteiger partial charge in [-0.1, -0.05) is 6.92 Å². The van der Waals surface area contributed by atoms with Crippen LogP contribution in [0.25, 0.3) is 0 Å². The van der Waals surface area contributed by atoms with Crippen LogP contribution >= 0.6 is 0 Å². The molecule has 116 valence electrons. The van der Waals surface area contributed by atoms with Crippen LogP contribution in [0.4, 0.5) is 4.39 Å². The maximum absolute atomic E-state index is 13.8. The van der Waals surface area contributed by atoms with E-state index in [4.69, 9.17) is 0 Å². The molecule has 0 aromatic heterocycles. The van der Waals surface area contributed by atoms with Crippen molar-refractivity contribution >= 4 is 10.0 Å². The number of rotatable bonds is 6. The Morgan fingerprint density at radius 3 is 2.57 bits per heavy atom. The van der Waals surface area contributed by atoms with Gasteiger partial charge in [-0.15, -0.1) is 0 Å². The molecular weight excluding hydrogens is 291 g/mol. The van der Waals surface area contributed by atoms with E-state index < -0.39 is 10.0 Å². The van der Waals surface area contributed by atoms with Gasteiger partial charge in [0.05, 0.1) is 4.90 Å². The smallest absolute Gasteiger partial charge is 0.240 e. The molecule has 0 spiro atoms. The van der Waals surface area contributed by atoms with Crippen molar-refractivity contribution < 1.29 is 12.8 Å². The van der Waals surface area contributed by atoms with Gasteiger partial charge in [0.25, 0.3) is 0 Å². The lowest BCUT2D eigenvalue weighted by molar-refractivity contribution is 0.270. The molecule has 0 bridgehead atoms. The largest absolute Gasteiger partial charge is 0.310 e. The molecule has 2 aliphatic rings. The van der Waals surface area contributed by atoms with E-state index in [1.54, 1.807) is 0 Å². The zero-order chi connectivity index (χ0) is 15.0. The molecule has 0 heterocycles. The molecule has 0 unspecified atom stereocenters. The maximum Gasteiger partial charge on any atom is 0.240 e. The van der Waals surface area contributed by atoms with Crippen LogP contribution in [-0.4, -0.2) is 20.5 Å². The Morgan fingerprint density at radius 1 is 1.24 bits per heavy atom. The predicted octanol–water partition coefficient (Wildman–Crippen LogP) is 2.15. The molecule has 0 saturated heterocycles. The van der Waals surface area contributed by atoms with E-state index in [1.165, 1.54) is 18.2 Å². The van der Waals surface area contributed by atoms with Gasteiger partial charge in [0.15, 0.2) is 0 Å². The second kappa shape index (κ2) is 5.66. The summed E-state index contributed by atoms with van der Waals surface area (Å²) < 4.78 is 41.1. The lowest BCUT2D eigenvalue weighted by Crippen LogP contribution is -2.43. The lowest BCUT2D eigenvalue weighted by atomic mass is 9.83. The first-order valence-corrected chi connectivity index (χ1v) is 8.96. The van der Waals surface area contributed by atoms with Gasteiger partial charge in [-0.2, -0.15) is 0 Å². The van der Waals surface area contributed by atoms with Crippen molar-refractivity contribution in [1.29, 1.82) is 0 Å². The molecule has 2 aliphatic carbocycles. The SMILES string of the molecule is CC1CC(NS(=O)(=O)c2ccc(F)c(CNC3CC3)c2)C1. The van der Waals surface area contributed by atoms with Gasteiger partial charge in [0.1, 0.15) is 5.82 Å². The second-order valence-corrected chi connectivity index (χ2v) is 8.02. The fourth-order valence-corrected chi connectivity index (χ4v) is 3.99. The van der Waals surface area contributed by atoms with E-state index >= 15 is 0 Å². The molecular formula is C15H21FN2O2S. The molecule has 21 heavy (non-hydrogen) atoms. The van der Waals surface area contributed by atoms with Gasteiger partial charge in [0, 0.05) is 24.2 Å². The monoisotopic (exact) mass is 312 g/mol. The average Bonchev–Trinajstić information content (AvgIpc) is 3.19. The van der Waals surface area contributed by atoms with Crippen molar-refractivity contribution in [2.45, 2.75) is 56.1 Å². The van der Waals surface area contributed by atoms with Crippen molar-refractivity contribution in [3.63, 3.8) is 0 Å². The molecule has 3 rings (SSSR count). The van der Waals surface area contributed by atoms with Crippen LogP contribution in [0.1, 0.15) is 38.2 Å². The van der Waals surface area contributed by atoms with Crippen LogP contribution < -0.4 is 10.0 Å². The Hall–Kier alpha value is -0.980. The minimum atomic E-state index is -3.55. The second-order valence-electron chi connectivity index (χ2n) is 6.30. The van der Waals surface area contributed by atoms with Crippen LogP contribution in [0.3, 0.4) is 0 Å². The summed E-state index contributed by atoms with van der Waals surface area (Å²) in [5, 5.41) is 3.21.